The van der Waals surface area contributed by atoms with Gasteiger partial charge in [-0.2, -0.15) is 0 Å². The number of nitrogens with one attached hydrogen (secondary N) is 1. The highest BCUT2D eigenvalue weighted by Crippen LogP contribution is 2.18. The predicted molar refractivity (Wildman–Crippen MR) is 103 cm³/mol. The zero-order valence-electron chi connectivity index (χ0n) is 15.7. The number of likely N-dealkylation sites (N-methyl/N-ethyl adjacent to an activating group) is 1. The standard InChI is InChI=1S/C18H24N2O4.CH5N/c1-3-4-9-19-15-7-8-17(14(11-15)12-22)18(24)20(2)16(13-23)6-5-10-21;1-2/h7-8,10-13,16,19H,3-6,9H2,1-2H3;2H2,1H3. The van der Waals surface area contributed by atoms with Crippen molar-refractivity contribution in [3.05, 3.63) is 29.3 Å². The molecule has 0 spiro atoms. The Morgan fingerprint density at radius 2 is 1.96 bits per heavy atom. The molecule has 0 saturated carbocycles. The number of rotatable bonds is 11. The van der Waals surface area contributed by atoms with Crippen LogP contribution in [-0.4, -0.2) is 56.3 Å². The van der Waals surface area contributed by atoms with E-state index in [4.69, 9.17) is 0 Å². The third kappa shape index (κ3) is 7.14. The minimum atomic E-state index is -0.690. The molecule has 0 aliphatic rings. The summed E-state index contributed by atoms with van der Waals surface area (Å²) in [6, 6.07) is 4.26. The number of nitrogens with two attached hydrogens (primary N) is 1. The fourth-order valence-corrected chi connectivity index (χ4v) is 2.31. The summed E-state index contributed by atoms with van der Waals surface area (Å²) < 4.78 is 0. The van der Waals surface area contributed by atoms with Gasteiger partial charge in [0.15, 0.2) is 6.29 Å². The summed E-state index contributed by atoms with van der Waals surface area (Å²) in [6.07, 6.45) is 4.52. The fraction of sp³-hybridized carbons (Fsp3) is 0.474. The van der Waals surface area contributed by atoms with E-state index in [9.17, 15) is 19.2 Å². The molecule has 1 unspecified atom stereocenters. The Morgan fingerprint density at radius 3 is 2.50 bits per heavy atom. The van der Waals surface area contributed by atoms with E-state index in [-0.39, 0.29) is 24.0 Å². The van der Waals surface area contributed by atoms with Crippen molar-refractivity contribution >= 4 is 30.5 Å². The lowest BCUT2D eigenvalue weighted by Crippen LogP contribution is -2.38. The number of unbranched alkanes of at least 4 members (excludes halogenated alkanes) is 1. The van der Waals surface area contributed by atoms with Crippen LogP contribution in [0.25, 0.3) is 0 Å². The Balaban J connectivity index is 0.00000301. The maximum Gasteiger partial charge on any atom is 0.254 e. The average molecular weight is 363 g/mol. The minimum absolute atomic E-state index is 0.196. The number of hydrogen-bond acceptors (Lipinski definition) is 6. The molecule has 1 aromatic carbocycles. The van der Waals surface area contributed by atoms with Crippen LogP contribution in [0.1, 0.15) is 53.3 Å². The Labute approximate surface area is 154 Å². The molecule has 1 rings (SSSR count). The van der Waals surface area contributed by atoms with E-state index in [0.717, 1.165) is 25.1 Å². The molecule has 0 heterocycles. The molecule has 3 N–H and O–H groups in total. The van der Waals surface area contributed by atoms with Gasteiger partial charge >= 0.3 is 0 Å². The lowest BCUT2D eigenvalue weighted by atomic mass is 10.0. The summed E-state index contributed by atoms with van der Waals surface area (Å²) in [4.78, 5) is 46.8. The number of amides is 1. The first-order chi connectivity index (χ1) is 12.6. The van der Waals surface area contributed by atoms with E-state index in [1.54, 1.807) is 18.2 Å². The zero-order chi connectivity index (χ0) is 19.9. The van der Waals surface area contributed by atoms with Crippen LogP contribution in [0.15, 0.2) is 18.2 Å². The summed E-state index contributed by atoms with van der Waals surface area (Å²) in [7, 11) is 2.99. The second-order valence-electron chi connectivity index (χ2n) is 5.56. The van der Waals surface area contributed by atoms with Gasteiger partial charge < -0.3 is 25.5 Å². The largest absolute Gasteiger partial charge is 0.385 e. The topological polar surface area (TPSA) is 110 Å². The van der Waals surface area contributed by atoms with Gasteiger partial charge in [-0.1, -0.05) is 13.3 Å². The van der Waals surface area contributed by atoms with Gasteiger partial charge in [0.25, 0.3) is 5.91 Å². The highest BCUT2D eigenvalue weighted by Gasteiger charge is 2.22. The molecule has 0 aliphatic heterocycles. The molecule has 0 fully saturated rings. The second-order valence-corrected chi connectivity index (χ2v) is 5.56. The lowest BCUT2D eigenvalue weighted by Gasteiger charge is -2.24. The van der Waals surface area contributed by atoms with Crippen LogP contribution in [-0.2, 0) is 9.59 Å². The van der Waals surface area contributed by atoms with Crippen LogP contribution in [0.3, 0.4) is 0 Å². The molecule has 0 aliphatic carbocycles. The summed E-state index contributed by atoms with van der Waals surface area (Å²) in [5.74, 6) is -0.416. The fourth-order valence-electron chi connectivity index (χ4n) is 2.31. The number of carbonyl (C=O) groups excluding carboxylic acids is 4. The summed E-state index contributed by atoms with van der Waals surface area (Å²) in [6.45, 7) is 2.88. The van der Waals surface area contributed by atoms with Crippen molar-refractivity contribution in [3.63, 3.8) is 0 Å². The van der Waals surface area contributed by atoms with Crippen molar-refractivity contribution in [2.24, 2.45) is 5.73 Å². The van der Waals surface area contributed by atoms with Crippen molar-refractivity contribution in [2.45, 2.75) is 38.6 Å². The van der Waals surface area contributed by atoms with Crippen LogP contribution in [0, 0.1) is 0 Å². The third-order valence-electron chi connectivity index (χ3n) is 3.82. The van der Waals surface area contributed by atoms with E-state index in [0.29, 0.717) is 18.9 Å². The van der Waals surface area contributed by atoms with Crippen LogP contribution in [0.5, 0.6) is 0 Å². The van der Waals surface area contributed by atoms with Crippen molar-refractivity contribution in [3.8, 4) is 0 Å². The maximum absolute atomic E-state index is 12.6. The van der Waals surface area contributed by atoms with Crippen LogP contribution in [0.2, 0.25) is 0 Å². The number of benzene rings is 1. The molecule has 1 aromatic rings. The van der Waals surface area contributed by atoms with Crippen LogP contribution >= 0.6 is 0 Å². The lowest BCUT2D eigenvalue weighted by molar-refractivity contribution is -0.112. The monoisotopic (exact) mass is 363 g/mol. The Morgan fingerprint density at radius 1 is 1.27 bits per heavy atom. The first kappa shape index (κ1) is 23.5. The Hall–Kier alpha value is -2.54. The van der Waals surface area contributed by atoms with Crippen LogP contribution in [0.4, 0.5) is 5.69 Å². The SMILES string of the molecule is CCCCNc1ccc(C(=O)N(C)C(C=O)CCC=O)c(C=O)c1.CN. The number of carbonyl (C=O) groups is 4. The molecular formula is C19H29N3O4. The van der Waals surface area contributed by atoms with Gasteiger partial charge in [-0.3, -0.25) is 9.59 Å². The van der Waals surface area contributed by atoms with E-state index < -0.39 is 11.9 Å². The summed E-state index contributed by atoms with van der Waals surface area (Å²) in [5, 5.41) is 3.20. The maximum atomic E-state index is 12.6. The van der Waals surface area contributed by atoms with Crippen molar-refractivity contribution in [1.82, 2.24) is 4.90 Å². The summed E-state index contributed by atoms with van der Waals surface area (Å²) in [5.41, 5.74) is 5.79. The molecule has 0 saturated heterocycles. The Kier molecular flexibility index (Phi) is 12.4. The molecule has 7 nitrogen and oxygen atoms in total. The molecule has 7 heteroatoms. The van der Waals surface area contributed by atoms with Crippen molar-refractivity contribution < 1.29 is 19.2 Å². The molecule has 0 radical (unpaired) electrons. The Bertz CT molecular complexity index is 590. The number of aldehydes is 3. The predicted octanol–water partition coefficient (Wildman–Crippen LogP) is 1.90. The van der Waals surface area contributed by atoms with E-state index in [1.807, 2.05) is 0 Å². The van der Waals surface area contributed by atoms with Gasteiger partial charge in [-0.05, 0) is 38.1 Å². The van der Waals surface area contributed by atoms with Gasteiger partial charge in [0, 0.05) is 31.3 Å². The van der Waals surface area contributed by atoms with Crippen molar-refractivity contribution in [1.29, 1.82) is 0 Å². The smallest absolute Gasteiger partial charge is 0.254 e. The highest BCUT2D eigenvalue weighted by atomic mass is 16.2. The van der Waals surface area contributed by atoms with Gasteiger partial charge in [0.1, 0.15) is 12.6 Å². The van der Waals surface area contributed by atoms with Gasteiger partial charge in [0.2, 0.25) is 0 Å². The normalized spacial score (nSPS) is 10.8. The van der Waals surface area contributed by atoms with Crippen LogP contribution < -0.4 is 11.1 Å². The van der Waals surface area contributed by atoms with E-state index in [1.165, 1.54) is 19.0 Å². The minimum Gasteiger partial charge on any atom is -0.385 e. The quantitative estimate of drug-likeness (QED) is 0.459. The molecule has 0 aromatic heterocycles. The molecule has 0 bridgehead atoms. The number of hydrogen-bond donors (Lipinski definition) is 2. The van der Waals surface area contributed by atoms with Gasteiger partial charge in [-0.15, -0.1) is 0 Å². The average Bonchev–Trinajstić information content (AvgIpc) is 2.69. The highest BCUT2D eigenvalue weighted by molar-refractivity contribution is 6.02. The van der Waals surface area contributed by atoms with Crippen molar-refractivity contribution in [2.75, 3.05) is 26.0 Å². The third-order valence-corrected chi connectivity index (χ3v) is 3.82. The number of nitrogens with zero attached hydrogens (tertiary/aromatic N) is 1. The number of anilines is 1. The van der Waals surface area contributed by atoms with E-state index >= 15 is 0 Å². The molecule has 1 amide bonds. The summed E-state index contributed by atoms with van der Waals surface area (Å²) >= 11 is 0. The zero-order valence-corrected chi connectivity index (χ0v) is 15.7. The molecule has 1 atom stereocenters. The molecule has 26 heavy (non-hydrogen) atoms. The molecular weight excluding hydrogens is 334 g/mol. The van der Waals surface area contributed by atoms with E-state index in [2.05, 4.69) is 18.0 Å². The van der Waals surface area contributed by atoms with Gasteiger partial charge in [0.05, 0.1) is 11.6 Å². The second kappa shape index (κ2) is 13.7. The van der Waals surface area contributed by atoms with Gasteiger partial charge in [-0.25, -0.2) is 0 Å². The first-order valence-corrected chi connectivity index (χ1v) is 8.65. The first-order valence-electron chi connectivity index (χ1n) is 8.65. The molecule has 144 valence electrons.